The van der Waals surface area contributed by atoms with E-state index in [1.165, 1.54) is 32.2 Å². The van der Waals surface area contributed by atoms with Gasteiger partial charge in [0, 0.05) is 23.0 Å². The summed E-state index contributed by atoms with van der Waals surface area (Å²) in [5, 5.41) is 2.56. The van der Waals surface area contributed by atoms with Crippen molar-refractivity contribution >= 4 is 28.9 Å². The zero-order chi connectivity index (χ0) is 19.7. The highest BCUT2D eigenvalue weighted by Gasteiger charge is 2.33. The Balaban J connectivity index is 1.89. The van der Waals surface area contributed by atoms with Gasteiger partial charge in [0.15, 0.2) is 0 Å². The molecule has 3 rings (SSSR count). The van der Waals surface area contributed by atoms with Crippen LogP contribution in [0.25, 0.3) is 4.85 Å². The normalized spacial score (nSPS) is 13.4. The van der Waals surface area contributed by atoms with Crippen molar-refractivity contribution in [2.45, 2.75) is 6.92 Å². The van der Waals surface area contributed by atoms with E-state index >= 15 is 0 Å². The monoisotopic (exact) mass is 369 g/mol. The molecule has 2 amide bonds. The predicted molar refractivity (Wildman–Crippen MR) is 94.5 cm³/mol. The molecule has 0 saturated heterocycles. The second-order valence-corrected chi connectivity index (χ2v) is 5.69. The second-order valence-electron chi connectivity index (χ2n) is 5.69. The molecular weight excluding hydrogens is 356 g/mol. The maximum Gasteiger partial charge on any atom is 0.281 e. The van der Waals surface area contributed by atoms with Crippen molar-refractivity contribution in [3.63, 3.8) is 0 Å². The van der Waals surface area contributed by atoms with E-state index in [0.717, 1.165) is 23.1 Å². The SMILES string of the molecule is [C-]#[N+]c1cc(N2C(=O)C=C(Nc3cc(F)c(C)c(F)c3)C2=O)ccc1OC. The molecule has 136 valence electrons. The third-order valence-electron chi connectivity index (χ3n) is 4.02. The van der Waals surface area contributed by atoms with Gasteiger partial charge in [-0.3, -0.25) is 9.59 Å². The highest BCUT2D eigenvalue weighted by atomic mass is 19.1. The molecule has 27 heavy (non-hydrogen) atoms. The maximum atomic E-state index is 13.7. The van der Waals surface area contributed by atoms with Crippen molar-refractivity contribution in [1.82, 2.24) is 0 Å². The van der Waals surface area contributed by atoms with E-state index in [9.17, 15) is 18.4 Å². The van der Waals surface area contributed by atoms with Crippen LogP contribution in [0.3, 0.4) is 0 Å². The number of nitrogens with one attached hydrogen (secondary N) is 1. The van der Waals surface area contributed by atoms with Crippen LogP contribution in [0.2, 0.25) is 0 Å². The number of hydrogen-bond acceptors (Lipinski definition) is 4. The zero-order valence-electron chi connectivity index (χ0n) is 14.3. The Kier molecular flexibility index (Phi) is 4.60. The molecule has 0 aromatic heterocycles. The highest BCUT2D eigenvalue weighted by Crippen LogP contribution is 2.34. The zero-order valence-corrected chi connectivity index (χ0v) is 14.3. The van der Waals surface area contributed by atoms with Gasteiger partial charge in [-0.25, -0.2) is 18.5 Å². The van der Waals surface area contributed by atoms with Crippen molar-refractivity contribution < 1.29 is 23.1 Å². The van der Waals surface area contributed by atoms with Gasteiger partial charge < -0.3 is 10.1 Å². The van der Waals surface area contributed by atoms with Gasteiger partial charge in [0.25, 0.3) is 11.8 Å². The first-order valence-electron chi connectivity index (χ1n) is 7.74. The molecule has 1 N–H and O–H groups in total. The van der Waals surface area contributed by atoms with Crippen LogP contribution in [0, 0.1) is 25.1 Å². The molecule has 6 nitrogen and oxygen atoms in total. The third-order valence-corrected chi connectivity index (χ3v) is 4.02. The topological polar surface area (TPSA) is 63.0 Å². The summed E-state index contributed by atoms with van der Waals surface area (Å²) in [5.41, 5.74) is 0.0463. The van der Waals surface area contributed by atoms with Crippen LogP contribution in [0.15, 0.2) is 42.1 Å². The molecule has 0 bridgehead atoms. The van der Waals surface area contributed by atoms with Crippen molar-refractivity contribution in [2.75, 3.05) is 17.3 Å². The summed E-state index contributed by atoms with van der Waals surface area (Å²) in [6.45, 7) is 8.45. The first kappa shape index (κ1) is 18.1. The second kappa shape index (κ2) is 6.88. The minimum atomic E-state index is -0.774. The fourth-order valence-electron chi connectivity index (χ4n) is 2.58. The van der Waals surface area contributed by atoms with Crippen LogP contribution < -0.4 is 15.0 Å². The summed E-state index contributed by atoms with van der Waals surface area (Å²) in [4.78, 5) is 29.0. The van der Waals surface area contributed by atoms with E-state index in [4.69, 9.17) is 11.3 Å². The molecule has 0 spiro atoms. The lowest BCUT2D eigenvalue weighted by Gasteiger charge is -2.16. The number of rotatable bonds is 4. The van der Waals surface area contributed by atoms with Crippen molar-refractivity contribution in [3.05, 3.63) is 70.7 Å². The molecule has 1 heterocycles. The van der Waals surface area contributed by atoms with Crippen LogP contribution in [0.5, 0.6) is 5.75 Å². The third kappa shape index (κ3) is 3.22. The molecule has 0 atom stereocenters. The highest BCUT2D eigenvalue weighted by molar-refractivity contribution is 6.31. The van der Waals surface area contributed by atoms with Crippen molar-refractivity contribution in [2.24, 2.45) is 0 Å². The van der Waals surface area contributed by atoms with Gasteiger partial charge in [-0.1, -0.05) is 0 Å². The average Bonchev–Trinajstić information content (AvgIpc) is 2.92. The number of imide groups is 1. The van der Waals surface area contributed by atoms with Gasteiger partial charge in [0.05, 0.1) is 13.7 Å². The summed E-state index contributed by atoms with van der Waals surface area (Å²) in [6.07, 6.45) is 1.03. The van der Waals surface area contributed by atoms with E-state index in [2.05, 4.69) is 10.2 Å². The van der Waals surface area contributed by atoms with Gasteiger partial charge in [0.2, 0.25) is 5.69 Å². The molecule has 0 fully saturated rings. The summed E-state index contributed by atoms with van der Waals surface area (Å²) < 4.78 is 32.4. The summed E-state index contributed by atoms with van der Waals surface area (Å²) in [7, 11) is 1.40. The Bertz CT molecular complexity index is 1020. The number of carbonyl (C=O) groups is 2. The van der Waals surface area contributed by atoms with E-state index in [1.54, 1.807) is 0 Å². The Hall–Kier alpha value is -3.73. The molecular formula is C19H13F2N3O3. The summed E-state index contributed by atoms with van der Waals surface area (Å²) in [6, 6.07) is 6.35. The Labute approximate surface area is 153 Å². The quantitative estimate of drug-likeness (QED) is 0.659. The summed E-state index contributed by atoms with van der Waals surface area (Å²) in [5.74, 6) is -2.59. The number of amides is 2. The van der Waals surface area contributed by atoms with Crippen LogP contribution in [-0.2, 0) is 9.59 Å². The average molecular weight is 369 g/mol. The van der Waals surface area contributed by atoms with E-state index in [1.807, 2.05) is 0 Å². The molecule has 8 heteroatoms. The number of anilines is 2. The smallest absolute Gasteiger partial charge is 0.281 e. The number of hydrogen-bond donors (Lipinski definition) is 1. The van der Waals surface area contributed by atoms with Gasteiger partial charge in [-0.05, 0) is 37.3 Å². The molecule has 0 unspecified atom stereocenters. The molecule has 1 aliphatic heterocycles. The van der Waals surface area contributed by atoms with Crippen molar-refractivity contribution in [1.29, 1.82) is 0 Å². The van der Waals surface area contributed by atoms with Gasteiger partial charge in [0.1, 0.15) is 23.1 Å². The van der Waals surface area contributed by atoms with Gasteiger partial charge in [-0.2, -0.15) is 0 Å². The Morgan fingerprint density at radius 3 is 2.41 bits per heavy atom. The first-order valence-corrected chi connectivity index (χ1v) is 7.74. The lowest BCUT2D eigenvalue weighted by molar-refractivity contribution is -0.120. The number of halogens is 2. The molecule has 2 aromatic carbocycles. The lowest BCUT2D eigenvalue weighted by atomic mass is 10.2. The Morgan fingerprint density at radius 2 is 1.81 bits per heavy atom. The van der Waals surface area contributed by atoms with E-state index < -0.39 is 23.4 Å². The van der Waals surface area contributed by atoms with Crippen LogP contribution in [-0.4, -0.2) is 18.9 Å². The lowest BCUT2D eigenvalue weighted by Crippen LogP contribution is -2.31. The van der Waals surface area contributed by atoms with E-state index in [-0.39, 0.29) is 28.3 Å². The minimum Gasteiger partial charge on any atom is -0.508 e. The minimum absolute atomic E-state index is 0.00132. The van der Waals surface area contributed by atoms with E-state index in [0.29, 0.717) is 5.75 Å². The summed E-state index contributed by atoms with van der Waals surface area (Å²) >= 11 is 0. The number of benzene rings is 2. The number of ether oxygens (including phenoxy) is 1. The molecule has 1 aliphatic rings. The maximum absolute atomic E-state index is 13.7. The molecule has 0 aliphatic carbocycles. The Morgan fingerprint density at radius 1 is 1.15 bits per heavy atom. The first-order chi connectivity index (χ1) is 12.8. The fourth-order valence-corrected chi connectivity index (χ4v) is 2.58. The predicted octanol–water partition coefficient (Wildman–Crippen LogP) is 3.70. The molecule has 0 radical (unpaired) electrons. The fraction of sp³-hybridized carbons (Fsp3) is 0.105. The van der Waals surface area contributed by atoms with Crippen LogP contribution in [0.4, 0.5) is 25.8 Å². The van der Waals surface area contributed by atoms with Gasteiger partial charge in [-0.15, -0.1) is 0 Å². The van der Waals surface area contributed by atoms with Crippen LogP contribution in [0.1, 0.15) is 5.56 Å². The number of methoxy groups -OCH3 is 1. The van der Waals surface area contributed by atoms with Gasteiger partial charge >= 0.3 is 0 Å². The molecule has 0 saturated carbocycles. The van der Waals surface area contributed by atoms with Crippen molar-refractivity contribution in [3.8, 4) is 5.75 Å². The number of carbonyl (C=O) groups excluding carboxylic acids is 2. The number of nitrogens with zero attached hydrogens (tertiary/aromatic N) is 2. The van der Waals surface area contributed by atoms with Crippen LogP contribution >= 0.6 is 0 Å². The standard InChI is InChI=1S/C19H13F2N3O3/c1-10-13(20)6-11(7-14(10)21)23-16-9-18(25)24(19(16)26)12-4-5-17(27-3)15(8-12)22-2/h4-9,23H,1,3H3. The molecule has 2 aromatic rings. The largest absolute Gasteiger partial charge is 0.508 e.